The molecule has 0 fully saturated rings. The molecule has 2 aromatic rings. The van der Waals surface area contributed by atoms with Crippen LogP contribution in [0.15, 0.2) is 59.1 Å². The predicted octanol–water partition coefficient (Wildman–Crippen LogP) is 3.54. The quantitative estimate of drug-likeness (QED) is 0.879. The van der Waals surface area contributed by atoms with Crippen LogP contribution in [0.1, 0.15) is 18.1 Å². The Morgan fingerprint density at radius 2 is 1.75 bits per heavy atom. The molecule has 0 saturated heterocycles. The number of carboxylic acids is 1. The van der Waals surface area contributed by atoms with Gasteiger partial charge < -0.3 is 5.11 Å². The van der Waals surface area contributed by atoms with E-state index in [1.807, 2.05) is 54.6 Å². The van der Waals surface area contributed by atoms with E-state index in [0.717, 1.165) is 15.6 Å². The highest BCUT2D eigenvalue weighted by Crippen LogP contribution is 2.22. The van der Waals surface area contributed by atoms with Crippen molar-refractivity contribution in [2.24, 2.45) is 0 Å². The Labute approximate surface area is 126 Å². The van der Waals surface area contributed by atoms with Crippen LogP contribution in [-0.4, -0.2) is 11.1 Å². The van der Waals surface area contributed by atoms with Crippen LogP contribution in [0.25, 0.3) is 0 Å². The fourth-order valence-electron chi connectivity index (χ4n) is 1.95. The summed E-state index contributed by atoms with van der Waals surface area (Å²) in [6.45, 7) is 2.18. The first-order valence-corrected chi connectivity index (χ1v) is 7.10. The molecule has 2 aromatic carbocycles. The fraction of sp³-hybridized carbons (Fsp3) is 0.188. The molecule has 0 aliphatic carbocycles. The van der Waals surface area contributed by atoms with Gasteiger partial charge in [-0.3, -0.25) is 5.32 Å². The SMILES string of the molecule is C[C@](NCc1ccc(Br)cc1)(C(=O)O)c1ccccc1. The number of halogens is 1. The zero-order chi connectivity index (χ0) is 14.6. The van der Waals surface area contributed by atoms with Gasteiger partial charge in [-0.05, 0) is 30.2 Å². The van der Waals surface area contributed by atoms with E-state index in [0.29, 0.717) is 6.54 Å². The lowest BCUT2D eigenvalue weighted by atomic mass is 9.92. The maximum absolute atomic E-state index is 11.6. The van der Waals surface area contributed by atoms with Gasteiger partial charge in [0.1, 0.15) is 5.54 Å². The second-order valence-corrected chi connectivity index (χ2v) is 5.69. The Bertz CT molecular complexity index is 583. The third-order valence-corrected chi connectivity index (χ3v) is 3.87. The van der Waals surface area contributed by atoms with Crippen molar-refractivity contribution in [1.82, 2.24) is 5.32 Å². The molecule has 0 aliphatic heterocycles. The van der Waals surface area contributed by atoms with E-state index in [2.05, 4.69) is 21.2 Å². The molecule has 0 amide bonds. The van der Waals surface area contributed by atoms with Crippen LogP contribution >= 0.6 is 15.9 Å². The number of carboxylic acid groups (broad SMARTS) is 1. The zero-order valence-corrected chi connectivity index (χ0v) is 12.7. The lowest BCUT2D eigenvalue weighted by Crippen LogP contribution is -2.46. The molecule has 2 N–H and O–H groups in total. The van der Waals surface area contributed by atoms with Crippen molar-refractivity contribution in [2.75, 3.05) is 0 Å². The summed E-state index contributed by atoms with van der Waals surface area (Å²) in [6.07, 6.45) is 0. The Morgan fingerprint density at radius 3 is 2.30 bits per heavy atom. The summed E-state index contributed by atoms with van der Waals surface area (Å²) in [7, 11) is 0. The first-order chi connectivity index (χ1) is 9.52. The van der Waals surface area contributed by atoms with E-state index in [1.165, 1.54) is 0 Å². The van der Waals surface area contributed by atoms with Gasteiger partial charge in [0.15, 0.2) is 0 Å². The number of aliphatic carboxylic acids is 1. The Balaban J connectivity index is 2.18. The van der Waals surface area contributed by atoms with E-state index in [9.17, 15) is 9.90 Å². The number of rotatable bonds is 5. The summed E-state index contributed by atoms with van der Waals surface area (Å²) in [6, 6.07) is 17.0. The second-order valence-electron chi connectivity index (χ2n) is 4.78. The summed E-state index contributed by atoms with van der Waals surface area (Å²) >= 11 is 3.38. The normalized spacial score (nSPS) is 13.7. The van der Waals surface area contributed by atoms with Gasteiger partial charge in [-0.1, -0.05) is 58.4 Å². The van der Waals surface area contributed by atoms with Crippen molar-refractivity contribution in [3.8, 4) is 0 Å². The zero-order valence-electron chi connectivity index (χ0n) is 11.1. The van der Waals surface area contributed by atoms with Crippen molar-refractivity contribution in [3.05, 3.63) is 70.2 Å². The maximum atomic E-state index is 11.6. The second kappa shape index (κ2) is 6.20. The molecular weight excluding hydrogens is 318 g/mol. The lowest BCUT2D eigenvalue weighted by molar-refractivity contribution is -0.144. The summed E-state index contributed by atoms with van der Waals surface area (Å²) in [5.74, 6) is -0.888. The fourth-order valence-corrected chi connectivity index (χ4v) is 2.22. The predicted molar refractivity (Wildman–Crippen MR) is 82.4 cm³/mol. The molecule has 0 aromatic heterocycles. The monoisotopic (exact) mass is 333 g/mol. The number of hydrogen-bond donors (Lipinski definition) is 2. The summed E-state index contributed by atoms with van der Waals surface area (Å²) in [5.41, 5.74) is 0.676. The standard InChI is InChI=1S/C16H16BrNO2/c1-16(15(19)20,13-5-3-2-4-6-13)18-11-12-7-9-14(17)10-8-12/h2-10,18H,11H2,1H3,(H,19,20)/t16-/m1/s1. The van der Waals surface area contributed by atoms with Crippen LogP contribution < -0.4 is 5.32 Å². The van der Waals surface area contributed by atoms with Gasteiger partial charge in [-0.15, -0.1) is 0 Å². The molecule has 3 nitrogen and oxygen atoms in total. The molecule has 1 atom stereocenters. The molecule has 4 heteroatoms. The van der Waals surface area contributed by atoms with E-state index >= 15 is 0 Å². The van der Waals surface area contributed by atoms with E-state index in [4.69, 9.17) is 0 Å². The van der Waals surface area contributed by atoms with E-state index < -0.39 is 11.5 Å². The number of carbonyl (C=O) groups is 1. The summed E-state index contributed by atoms with van der Waals surface area (Å²) in [4.78, 5) is 11.6. The molecule has 20 heavy (non-hydrogen) atoms. The molecule has 0 saturated carbocycles. The first kappa shape index (κ1) is 14.8. The molecule has 0 spiro atoms. The molecule has 0 heterocycles. The highest BCUT2D eigenvalue weighted by atomic mass is 79.9. The molecule has 0 unspecified atom stereocenters. The third kappa shape index (κ3) is 3.26. The van der Waals surface area contributed by atoms with Gasteiger partial charge in [0.05, 0.1) is 0 Å². The molecule has 2 rings (SSSR count). The van der Waals surface area contributed by atoms with Gasteiger partial charge in [0.2, 0.25) is 0 Å². The van der Waals surface area contributed by atoms with Gasteiger partial charge in [0, 0.05) is 11.0 Å². The third-order valence-electron chi connectivity index (χ3n) is 3.34. The van der Waals surface area contributed by atoms with Crippen molar-refractivity contribution >= 4 is 21.9 Å². The topological polar surface area (TPSA) is 49.3 Å². The highest BCUT2D eigenvalue weighted by molar-refractivity contribution is 9.10. The number of nitrogens with one attached hydrogen (secondary N) is 1. The Kier molecular flexibility index (Phi) is 4.57. The Morgan fingerprint density at radius 1 is 1.15 bits per heavy atom. The number of benzene rings is 2. The molecule has 0 radical (unpaired) electrons. The van der Waals surface area contributed by atoms with Crippen LogP contribution in [0.4, 0.5) is 0 Å². The molecule has 0 bridgehead atoms. The van der Waals surface area contributed by atoms with Gasteiger partial charge in [-0.25, -0.2) is 4.79 Å². The molecular formula is C16H16BrNO2. The van der Waals surface area contributed by atoms with Crippen LogP contribution in [0.5, 0.6) is 0 Å². The summed E-state index contributed by atoms with van der Waals surface area (Å²) in [5, 5.41) is 12.7. The van der Waals surface area contributed by atoms with E-state index in [-0.39, 0.29) is 0 Å². The van der Waals surface area contributed by atoms with Crippen molar-refractivity contribution < 1.29 is 9.90 Å². The average Bonchev–Trinajstić information content (AvgIpc) is 2.47. The molecule has 0 aliphatic rings. The Hall–Kier alpha value is -1.65. The lowest BCUT2D eigenvalue weighted by Gasteiger charge is -2.27. The number of hydrogen-bond acceptors (Lipinski definition) is 2. The van der Waals surface area contributed by atoms with Gasteiger partial charge in [-0.2, -0.15) is 0 Å². The minimum Gasteiger partial charge on any atom is -0.480 e. The maximum Gasteiger partial charge on any atom is 0.328 e. The van der Waals surface area contributed by atoms with Crippen LogP contribution in [0.2, 0.25) is 0 Å². The minimum atomic E-state index is -1.10. The summed E-state index contributed by atoms with van der Waals surface area (Å²) < 4.78 is 1.00. The smallest absolute Gasteiger partial charge is 0.328 e. The molecule has 104 valence electrons. The van der Waals surface area contributed by atoms with Gasteiger partial charge >= 0.3 is 5.97 Å². The van der Waals surface area contributed by atoms with Crippen molar-refractivity contribution in [3.63, 3.8) is 0 Å². The highest BCUT2D eigenvalue weighted by Gasteiger charge is 2.34. The van der Waals surface area contributed by atoms with Crippen molar-refractivity contribution in [2.45, 2.75) is 19.0 Å². The largest absolute Gasteiger partial charge is 0.480 e. The minimum absolute atomic E-state index is 0.491. The van der Waals surface area contributed by atoms with Crippen LogP contribution in [-0.2, 0) is 16.9 Å². The van der Waals surface area contributed by atoms with E-state index in [1.54, 1.807) is 6.92 Å². The van der Waals surface area contributed by atoms with Crippen LogP contribution in [0, 0.1) is 0 Å². The van der Waals surface area contributed by atoms with Crippen molar-refractivity contribution in [1.29, 1.82) is 0 Å². The van der Waals surface area contributed by atoms with Gasteiger partial charge in [0.25, 0.3) is 0 Å². The first-order valence-electron chi connectivity index (χ1n) is 6.31. The van der Waals surface area contributed by atoms with Crippen LogP contribution in [0.3, 0.4) is 0 Å². The average molecular weight is 334 g/mol.